The van der Waals surface area contributed by atoms with Crippen LogP contribution >= 0.6 is 0 Å². The molecule has 0 spiro atoms. The third-order valence-electron chi connectivity index (χ3n) is 3.66. The molecular formula is C13H27NO. The second-order valence-electron chi connectivity index (χ2n) is 4.89. The van der Waals surface area contributed by atoms with E-state index < -0.39 is 0 Å². The quantitative estimate of drug-likeness (QED) is 0.702. The van der Waals surface area contributed by atoms with Crippen molar-refractivity contribution in [3.8, 4) is 0 Å². The average Bonchev–Trinajstić information content (AvgIpc) is 2.75. The van der Waals surface area contributed by atoms with Gasteiger partial charge in [0.15, 0.2) is 0 Å². The van der Waals surface area contributed by atoms with E-state index in [9.17, 15) is 0 Å². The fourth-order valence-electron chi connectivity index (χ4n) is 2.54. The van der Waals surface area contributed by atoms with E-state index in [-0.39, 0.29) is 0 Å². The highest BCUT2D eigenvalue weighted by atomic mass is 16.5. The first-order valence-electron chi connectivity index (χ1n) is 6.54. The summed E-state index contributed by atoms with van der Waals surface area (Å²) in [5.41, 5.74) is 0. The molecule has 2 heteroatoms. The van der Waals surface area contributed by atoms with Crippen molar-refractivity contribution in [1.82, 2.24) is 5.32 Å². The summed E-state index contributed by atoms with van der Waals surface area (Å²) in [6, 6.07) is 0.554. The summed E-state index contributed by atoms with van der Waals surface area (Å²) in [6.07, 6.45) is 8.59. The van der Waals surface area contributed by atoms with Gasteiger partial charge in [-0.15, -0.1) is 0 Å². The summed E-state index contributed by atoms with van der Waals surface area (Å²) in [4.78, 5) is 0. The lowest BCUT2D eigenvalue weighted by Crippen LogP contribution is -2.41. The minimum absolute atomic E-state index is 0.345. The van der Waals surface area contributed by atoms with Crippen LogP contribution < -0.4 is 5.32 Å². The Kier molecular flexibility index (Phi) is 6.26. The van der Waals surface area contributed by atoms with Crippen molar-refractivity contribution >= 4 is 0 Å². The van der Waals surface area contributed by atoms with Crippen LogP contribution in [0.15, 0.2) is 0 Å². The first-order valence-corrected chi connectivity index (χ1v) is 6.54. The van der Waals surface area contributed by atoms with E-state index in [4.69, 9.17) is 4.74 Å². The molecule has 1 rings (SSSR count). The molecule has 2 atom stereocenters. The lowest BCUT2D eigenvalue weighted by Gasteiger charge is -2.26. The molecule has 0 radical (unpaired) electrons. The van der Waals surface area contributed by atoms with Crippen LogP contribution in [0.4, 0.5) is 0 Å². The van der Waals surface area contributed by atoms with E-state index in [1.807, 2.05) is 7.11 Å². The van der Waals surface area contributed by atoms with Gasteiger partial charge in [0.1, 0.15) is 0 Å². The smallest absolute Gasteiger partial charge is 0.0696 e. The number of nitrogens with one attached hydrogen (secondary N) is 1. The maximum Gasteiger partial charge on any atom is 0.0696 e. The van der Waals surface area contributed by atoms with Crippen LogP contribution in [0.5, 0.6) is 0 Å². The van der Waals surface area contributed by atoms with E-state index in [0.29, 0.717) is 12.1 Å². The predicted molar refractivity (Wildman–Crippen MR) is 65.1 cm³/mol. The van der Waals surface area contributed by atoms with Gasteiger partial charge < -0.3 is 10.1 Å². The normalized spacial score (nSPS) is 21.8. The zero-order valence-corrected chi connectivity index (χ0v) is 10.6. The number of hydrogen-bond donors (Lipinski definition) is 1. The molecule has 0 aromatic heterocycles. The summed E-state index contributed by atoms with van der Waals surface area (Å²) < 4.78 is 5.46. The van der Waals surface area contributed by atoms with Gasteiger partial charge in [0.05, 0.1) is 6.10 Å². The van der Waals surface area contributed by atoms with E-state index >= 15 is 0 Å². The van der Waals surface area contributed by atoms with Crippen molar-refractivity contribution in [2.75, 3.05) is 13.7 Å². The van der Waals surface area contributed by atoms with Gasteiger partial charge in [-0.05, 0) is 32.2 Å². The summed E-state index contributed by atoms with van der Waals surface area (Å²) in [5.74, 6) is 0.942. The van der Waals surface area contributed by atoms with Crippen molar-refractivity contribution < 1.29 is 4.74 Å². The van der Waals surface area contributed by atoms with Gasteiger partial charge in [0, 0.05) is 13.2 Å². The summed E-state index contributed by atoms with van der Waals surface area (Å²) in [5, 5.41) is 3.62. The maximum atomic E-state index is 5.46. The van der Waals surface area contributed by atoms with Crippen LogP contribution in [0, 0.1) is 5.92 Å². The molecule has 0 aromatic carbocycles. The molecule has 0 aromatic rings. The van der Waals surface area contributed by atoms with Crippen molar-refractivity contribution in [3.05, 3.63) is 0 Å². The van der Waals surface area contributed by atoms with Crippen molar-refractivity contribution in [2.45, 2.75) is 64.5 Å². The van der Waals surface area contributed by atoms with Crippen LogP contribution in [0.2, 0.25) is 0 Å². The molecule has 1 N–H and O–H groups in total. The molecule has 0 heterocycles. The van der Waals surface area contributed by atoms with Gasteiger partial charge in [0.2, 0.25) is 0 Å². The SMILES string of the molecule is CCCNC(CC1CCCC1)C(C)OC. The number of methoxy groups -OCH3 is 1. The van der Waals surface area contributed by atoms with Gasteiger partial charge in [0.25, 0.3) is 0 Å². The Labute approximate surface area is 94.8 Å². The molecule has 15 heavy (non-hydrogen) atoms. The lowest BCUT2D eigenvalue weighted by atomic mass is 9.95. The molecule has 0 saturated heterocycles. The highest BCUT2D eigenvalue weighted by molar-refractivity contribution is 4.79. The fourth-order valence-corrected chi connectivity index (χ4v) is 2.54. The molecule has 2 unspecified atom stereocenters. The fraction of sp³-hybridized carbons (Fsp3) is 1.00. The summed E-state index contributed by atoms with van der Waals surface area (Å²) in [6.45, 7) is 5.52. The first kappa shape index (κ1) is 13.0. The molecule has 2 nitrogen and oxygen atoms in total. The Morgan fingerprint density at radius 1 is 1.33 bits per heavy atom. The van der Waals surface area contributed by atoms with Crippen LogP contribution in [0.1, 0.15) is 52.4 Å². The minimum Gasteiger partial charge on any atom is -0.380 e. The van der Waals surface area contributed by atoms with E-state index in [2.05, 4.69) is 19.2 Å². The van der Waals surface area contributed by atoms with Crippen molar-refractivity contribution in [3.63, 3.8) is 0 Å². The Hall–Kier alpha value is -0.0800. The van der Waals surface area contributed by atoms with Gasteiger partial charge >= 0.3 is 0 Å². The molecule has 1 fully saturated rings. The van der Waals surface area contributed by atoms with Crippen molar-refractivity contribution in [1.29, 1.82) is 0 Å². The largest absolute Gasteiger partial charge is 0.380 e. The monoisotopic (exact) mass is 213 g/mol. The Bertz CT molecular complexity index is 155. The van der Waals surface area contributed by atoms with E-state index in [1.54, 1.807) is 0 Å². The Balaban J connectivity index is 2.32. The van der Waals surface area contributed by atoms with Gasteiger partial charge in [-0.3, -0.25) is 0 Å². The molecule has 0 bridgehead atoms. The van der Waals surface area contributed by atoms with Crippen molar-refractivity contribution in [2.24, 2.45) is 5.92 Å². The highest BCUT2D eigenvalue weighted by Crippen LogP contribution is 2.29. The number of ether oxygens (including phenoxy) is 1. The topological polar surface area (TPSA) is 21.3 Å². The second kappa shape index (κ2) is 7.24. The highest BCUT2D eigenvalue weighted by Gasteiger charge is 2.23. The number of rotatable bonds is 7. The summed E-state index contributed by atoms with van der Waals surface area (Å²) in [7, 11) is 1.82. The predicted octanol–water partition coefficient (Wildman–Crippen LogP) is 2.97. The zero-order chi connectivity index (χ0) is 11.1. The van der Waals surface area contributed by atoms with E-state index in [0.717, 1.165) is 12.5 Å². The van der Waals surface area contributed by atoms with Gasteiger partial charge in [-0.1, -0.05) is 32.6 Å². The molecule has 1 saturated carbocycles. The van der Waals surface area contributed by atoms with Gasteiger partial charge in [-0.2, -0.15) is 0 Å². The Morgan fingerprint density at radius 2 is 2.00 bits per heavy atom. The van der Waals surface area contributed by atoms with Crippen LogP contribution in [0.3, 0.4) is 0 Å². The second-order valence-corrected chi connectivity index (χ2v) is 4.89. The van der Waals surface area contributed by atoms with Crippen LogP contribution in [-0.2, 0) is 4.74 Å². The maximum absolute atomic E-state index is 5.46. The molecule has 0 aliphatic heterocycles. The molecule has 1 aliphatic rings. The summed E-state index contributed by atoms with van der Waals surface area (Å²) >= 11 is 0. The first-order chi connectivity index (χ1) is 7.27. The number of hydrogen-bond acceptors (Lipinski definition) is 2. The molecule has 0 amide bonds. The third-order valence-corrected chi connectivity index (χ3v) is 3.66. The average molecular weight is 213 g/mol. The Morgan fingerprint density at radius 3 is 2.53 bits per heavy atom. The molecular weight excluding hydrogens is 186 g/mol. The standard InChI is InChI=1S/C13H27NO/c1-4-9-14-13(11(2)15-3)10-12-7-5-6-8-12/h11-14H,4-10H2,1-3H3. The van der Waals surface area contributed by atoms with Crippen LogP contribution in [0.25, 0.3) is 0 Å². The zero-order valence-electron chi connectivity index (χ0n) is 10.6. The van der Waals surface area contributed by atoms with E-state index in [1.165, 1.54) is 38.5 Å². The van der Waals surface area contributed by atoms with Crippen LogP contribution in [-0.4, -0.2) is 25.8 Å². The third kappa shape index (κ3) is 4.52. The lowest BCUT2D eigenvalue weighted by molar-refractivity contribution is 0.0741. The molecule has 90 valence electrons. The van der Waals surface area contributed by atoms with Gasteiger partial charge in [-0.25, -0.2) is 0 Å². The molecule has 1 aliphatic carbocycles. The minimum atomic E-state index is 0.345.